The van der Waals surface area contributed by atoms with E-state index in [1.165, 1.54) is 17.4 Å². The highest BCUT2D eigenvalue weighted by atomic mass is 32.1. The molecule has 0 aliphatic carbocycles. The summed E-state index contributed by atoms with van der Waals surface area (Å²) in [5.41, 5.74) is 2.55. The molecule has 3 aromatic rings. The summed E-state index contributed by atoms with van der Waals surface area (Å²) in [5.74, 6) is 0.101. The fourth-order valence-corrected chi connectivity index (χ4v) is 3.33. The zero-order chi connectivity index (χ0) is 17.8. The number of rotatable bonds is 4. The number of benzene rings is 2. The van der Waals surface area contributed by atoms with E-state index < -0.39 is 5.91 Å². The summed E-state index contributed by atoms with van der Waals surface area (Å²) in [4.78, 5) is 16.9. The number of fused-ring (bicyclic) bond motifs is 1. The minimum Gasteiger partial charge on any atom is -0.496 e. The second kappa shape index (κ2) is 7.16. The molecule has 0 atom stereocenters. The lowest BCUT2D eigenvalue weighted by Crippen LogP contribution is -2.13. The molecule has 0 saturated heterocycles. The Balaban J connectivity index is 1.88. The molecule has 0 aliphatic rings. The van der Waals surface area contributed by atoms with Gasteiger partial charge in [-0.05, 0) is 30.7 Å². The van der Waals surface area contributed by atoms with E-state index in [2.05, 4.69) is 10.3 Å². The minimum absolute atomic E-state index is 0.0134. The highest BCUT2D eigenvalue weighted by Gasteiger charge is 2.14. The van der Waals surface area contributed by atoms with Gasteiger partial charge in [0.25, 0.3) is 5.91 Å². The Morgan fingerprint density at radius 2 is 2.08 bits per heavy atom. The maximum absolute atomic E-state index is 12.4. The van der Waals surface area contributed by atoms with Crippen LogP contribution >= 0.6 is 11.3 Å². The van der Waals surface area contributed by atoms with Gasteiger partial charge in [-0.2, -0.15) is 5.26 Å². The van der Waals surface area contributed by atoms with Crippen LogP contribution < -0.4 is 10.1 Å². The molecule has 0 radical (unpaired) electrons. The molecule has 6 heteroatoms. The largest absolute Gasteiger partial charge is 0.496 e. The van der Waals surface area contributed by atoms with Gasteiger partial charge in [0, 0.05) is 5.56 Å². The van der Waals surface area contributed by atoms with E-state index in [4.69, 9.17) is 4.74 Å². The first-order chi connectivity index (χ1) is 12.1. The van der Waals surface area contributed by atoms with Crippen LogP contribution in [0.5, 0.6) is 5.75 Å². The van der Waals surface area contributed by atoms with Crippen LogP contribution in [0.25, 0.3) is 16.3 Å². The zero-order valence-electron chi connectivity index (χ0n) is 13.7. The average Bonchev–Trinajstić information content (AvgIpc) is 3.03. The molecule has 3 rings (SSSR count). The van der Waals surface area contributed by atoms with Crippen LogP contribution in [0.4, 0.5) is 5.13 Å². The van der Waals surface area contributed by atoms with E-state index >= 15 is 0 Å². The Morgan fingerprint density at radius 1 is 1.28 bits per heavy atom. The van der Waals surface area contributed by atoms with Gasteiger partial charge in [-0.15, -0.1) is 0 Å². The smallest absolute Gasteiger partial charge is 0.268 e. The lowest BCUT2D eigenvalue weighted by molar-refractivity contribution is -0.112. The third kappa shape index (κ3) is 3.52. The summed E-state index contributed by atoms with van der Waals surface area (Å²) in [6, 6.07) is 15.0. The minimum atomic E-state index is -0.495. The molecule has 1 heterocycles. The number of hydrogen-bond donors (Lipinski definition) is 1. The quantitative estimate of drug-likeness (QED) is 0.567. The number of nitrogens with one attached hydrogen (secondary N) is 1. The molecule has 0 aliphatic heterocycles. The van der Waals surface area contributed by atoms with Gasteiger partial charge < -0.3 is 4.74 Å². The van der Waals surface area contributed by atoms with Crippen molar-refractivity contribution in [1.82, 2.24) is 4.98 Å². The maximum atomic E-state index is 12.4. The van der Waals surface area contributed by atoms with Crippen LogP contribution in [0.2, 0.25) is 0 Å². The third-order valence-corrected chi connectivity index (χ3v) is 4.58. The van der Waals surface area contributed by atoms with Crippen molar-refractivity contribution < 1.29 is 9.53 Å². The lowest BCUT2D eigenvalue weighted by Gasteiger charge is -2.05. The van der Waals surface area contributed by atoms with Crippen molar-refractivity contribution >= 4 is 38.7 Å². The number of aromatic nitrogens is 1. The Hall–Kier alpha value is -3.17. The van der Waals surface area contributed by atoms with Crippen molar-refractivity contribution in [2.24, 2.45) is 0 Å². The number of nitriles is 1. The number of nitrogens with zero attached hydrogens (tertiary/aromatic N) is 2. The van der Waals surface area contributed by atoms with E-state index in [-0.39, 0.29) is 5.57 Å². The van der Waals surface area contributed by atoms with Gasteiger partial charge in [-0.25, -0.2) is 4.98 Å². The first-order valence-electron chi connectivity index (χ1n) is 7.54. The number of amides is 1. The summed E-state index contributed by atoms with van der Waals surface area (Å²) in [7, 11) is 1.54. The van der Waals surface area contributed by atoms with Gasteiger partial charge in [0.15, 0.2) is 5.13 Å². The van der Waals surface area contributed by atoms with E-state index in [0.717, 1.165) is 15.8 Å². The second-order valence-corrected chi connectivity index (χ2v) is 6.34. The van der Waals surface area contributed by atoms with Gasteiger partial charge in [0.1, 0.15) is 17.4 Å². The summed E-state index contributed by atoms with van der Waals surface area (Å²) in [6.45, 7) is 1.97. The molecule has 0 bridgehead atoms. The molecular weight excluding hydrogens is 334 g/mol. The summed E-state index contributed by atoms with van der Waals surface area (Å²) >= 11 is 1.38. The van der Waals surface area contributed by atoms with Crippen LogP contribution in [0.1, 0.15) is 11.1 Å². The molecule has 25 heavy (non-hydrogen) atoms. The summed E-state index contributed by atoms with van der Waals surface area (Å²) in [5, 5.41) is 12.5. The molecule has 124 valence electrons. The number of anilines is 1. The Bertz CT molecular complexity index is 1010. The summed E-state index contributed by atoms with van der Waals surface area (Å²) in [6.07, 6.45) is 1.51. The van der Waals surface area contributed by atoms with Crippen molar-refractivity contribution in [2.45, 2.75) is 6.92 Å². The zero-order valence-corrected chi connectivity index (χ0v) is 14.6. The molecule has 1 aromatic heterocycles. The molecule has 0 saturated carbocycles. The van der Waals surface area contributed by atoms with E-state index in [9.17, 15) is 10.1 Å². The molecule has 0 unspecified atom stereocenters. The van der Waals surface area contributed by atoms with E-state index in [1.807, 2.05) is 43.3 Å². The highest BCUT2D eigenvalue weighted by molar-refractivity contribution is 7.22. The predicted molar refractivity (Wildman–Crippen MR) is 99.6 cm³/mol. The lowest BCUT2D eigenvalue weighted by atomic mass is 10.1. The monoisotopic (exact) mass is 349 g/mol. The molecule has 0 spiro atoms. The first kappa shape index (κ1) is 16.7. The van der Waals surface area contributed by atoms with Gasteiger partial charge in [-0.3, -0.25) is 10.1 Å². The molecule has 1 amide bonds. The fraction of sp³-hybridized carbons (Fsp3) is 0.105. The topological polar surface area (TPSA) is 75.0 Å². The Kier molecular flexibility index (Phi) is 4.78. The molecule has 0 fully saturated rings. The van der Waals surface area contributed by atoms with Crippen LogP contribution in [0.15, 0.2) is 48.0 Å². The van der Waals surface area contributed by atoms with Gasteiger partial charge in [0.2, 0.25) is 0 Å². The SMILES string of the molecule is COc1ccccc1/C=C(\C#N)C(=O)Nc1nc2c(C)cccc2s1. The molecule has 5 nitrogen and oxygen atoms in total. The normalized spacial score (nSPS) is 11.2. The number of hydrogen-bond acceptors (Lipinski definition) is 5. The van der Waals surface area contributed by atoms with Gasteiger partial charge >= 0.3 is 0 Å². The van der Waals surface area contributed by atoms with Gasteiger partial charge in [-0.1, -0.05) is 41.7 Å². The number of carbonyl (C=O) groups is 1. The number of aryl methyl sites for hydroxylation is 1. The number of methoxy groups -OCH3 is 1. The summed E-state index contributed by atoms with van der Waals surface area (Å²) < 4.78 is 6.23. The maximum Gasteiger partial charge on any atom is 0.268 e. The number of carbonyl (C=O) groups excluding carboxylic acids is 1. The van der Waals surface area contributed by atoms with E-state index in [1.54, 1.807) is 19.2 Å². The number of thiazole rings is 1. The second-order valence-electron chi connectivity index (χ2n) is 5.31. The standard InChI is InChI=1S/C19H15N3O2S/c1-12-6-5-9-16-17(12)21-19(25-16)22-18(23)14(11-20)10-13-7-3-4-8-15(13)24-2/h3-10H,1-2H3,(H,21,22,23)/b14-10+. The molecule has 2 aromatic carbocycles. The van der Waals surface area contributed by atoms with Gasteiger partial charge in [0.05, 0.1) is 17.3 Å². The third-order valence-electron chi connectivity index (χ3n) is 3.65. The van der Waals surface area contributed by atoms with Crippen LogP contribution in [0.3, 0.4) is 0 Å². The van der Waals surface area contributed by atoms with Crippen molar-refractivity contribution in [3.8, 4) is 11.8 Å². The first-order valence-corrected chi connectivity index (χ1v) is 8.36. The predicted octanol–water partition coefficient (Wildman–Crippen LogP) is 4.16. The molecular formula is C19H15N3O2S. The number of ether oxygens (including phenoxy) is 1. The average molecular weight is 349 g/mol. The molecule has 1 N–H and O–H groups in total. The highest BCUT2D eigenvalue weighted by Crippen LogP contribution is 2.28. The van der Waals surface area contributed by atoms with Crippen LogP contribution in [-0.2, 0) is 4.79 Å². The van der Waals surface area contributed by atoms with Crippen LogP contribution in [-0.4, -0.2) is 18.0 Å². The Labute approximate surface area is 149 Å². The number of para-hydroxylation sites is 2. The van der Waals surface area contributed by atoms with Crippen molar-refractivity contribution in [3.63, 3.8) is 0 Å². The Morgan fingerprint density at radius 3 is 2.80 bits per heavy atom. The fourth-order valence-electron chi connectivity index (χ4n) is 2.39. The van der Waals surface area contributed by atoms with Crippen LogP contribution in [0, 0.1) is 18.3 Å². The van der Waals surface area contributed by atoms with Crippen molar-refractivity contribution in [3.05, 3.63) is 59.2 Å². The van der Waals surface area contributed by atoms with Crippen molar-refractivity contribution in [1.29, 1.82) is 5.26 Å². The van der Waals surface area contributed by atoms with Crippen molar-refractivity contribution in [2.75, 3.05) is 12.4 Å². The van der Waals surface area contributed by atoms with E-state index in [0.29, 0.717) is 16.4 Å².